The Hall–Kier alpha value is 0.240. The molecule has 1 nitrogen and oxygen atoms in total. The molecule has 0 unspecified atom stereocenters. The summed E-state index contributed by atoms with van der Waals surface area (Å²) in [5.41, 5.74) is 5.34. The zero-order valence-electron chi connectivity index (χ0n) is 5.34. The third-order valence-corrected chi connectivity index (χ3v) is 2.51. The van der Waals surface area contributed by atoms with Gasteiger partial charge in [0.1, 0.15) is 0 Å². The van der Waals surface area contributed by atoms with Crippen LogP contribution in [-0.2, 0) is 6.42 Å². The summed E-state index contributed by atoms with van der Waals surface area (Å²) in [5.74, 6) is 0. The number of hydrogen-bond acceptors (Lipinski definition) is 2. The normalized spacial score (nSPS) is 9.00. The lowest BCUT2D eigenvalue weighted by Gasteiger charge is -1.90. The Labute approximate surface area is 75.6 Å². The minimum Gasteiger partial charge on any atom is -0.330 e. The molecule has 0 bridgehead atoms. The summed E-state index contributed by atoms with van der Waals surface area (Å²) in [4.78, 5) is 1.19. The molecule has 0 saturated carbocycles. The summed E-state index contributed by atoms with van der Waals surface area (Å²) in [6.45, 7) is 0.681. The lowest BCUT2D eigenvalue weighted by molar-refractivity contribution is 0.989. The molecule has 0 aliphatic heterocycles. The Morgan fingerprint density at radius 1 is 1.60 bits per heavy atom. The van der Waals surface area contributed by atoms with E-state index in [4.69, 9.17) is 17.3 Å². The Morgan fingerprint density at radius 3 is 2.70 bits per heavy atom. The first kappa shape index (κ1) is 10.2. The first-order chi connectivity index (χ1) is 4.34. The molecule has 58 valence electrons. The van der Waals surface area contributed by atoms with Crippen molar-refractivity contribution >= 4 is 35.3 Å². The van der Waals surface area contributed by atoms with Crippen molar-refractivity contribution in [1.29, 1.82) is 0 Å². The van der Waals surface area contributed by atoms with Crippen molar-refractivity contribution in [2.75, 3.05) is 6.54 Å². The van der Waals surface area contributed by atoms with Crippen LogP contribution in [-0.4, -0.2) is 6.54 Å². The summed E-state index contributed by atoms with van der Waals surface area (Å²) in [6, 6.07) is 1.90. The molecule has 1 rings (SSSR count). The summed E-state index contributed by atoms with van der Waals surface area (Å²) < 4.78 is 0. The quantitative estimate of drug-likeness (QED) is 0.775. The molecule has 0 spiro atoms. The summed E-state index contributed by atoms with van der Waals surface area (Å²) >= 11 is 7.44. The highest BCUT2D eigenvalue weighted by Gasteiger charge is 1.97. The zero-order valence-corrected chi connectivity index (χ0v) is 7.73. The van der Waals surface area contributed by atoms with Crippen LogP contribution in [0.5, 0.6) is 0 Å². The predicted molar refractivity (Wildman–Crippen MR) is 49.3 cm³/mol. The molecule has 1 heterocycles. The highest BCUT2D eigenvalue weighted by atomic mass is 35.5. The molecule has 0 fully saturated rings. The highest BCUT2D eigenvalue weighted by molar-refractivity contribution is 7.10. The second-order valence-corrected chi connectivity index (χ2v) is 3.14. The van der Waals surface area contributed by atoms with E-state index in [0.717, 1.165) is 11.4 Å². The summed E-state index contributed by atoms with van der Waals surface area (Å²) in [5, 5.41) is 2.83. The number of hydrogen-bond donors (Lipinski definition) is 1. The van der Waals surface area contributed by atoms with Gasteiger partial charge in [0.15, 0.2) is 0 Å². The van der Waals surface area contributed by atoms with E-state index in [-0.39, 0.29) is 12.4 Å². The van der Waals surface area contributed by atoms with Crippen molar-refractivity contribution in [1.82, 2.24) is 0 Å². The van der Waals surface area contributed by atoms with E-state index in [9.17, 15) is 0 Å². The molecule has 0 radical (unpaired) electrons. The van der Waals surface area contributed by atoms with E-state index in [2.05, 4.69) is 0 Å². The second kappa shape index (κ2) is 4.97. The maximum absolute atomic E-state index is 5.77. The molecule has 10 heavy (non-hydrogen) atoms. The standard InChI is InChI=1S/C6H8ClNS.ClH/c7-5-2-4-9-6(5)1-3-8;/h2,4H,1,3,8H2;1H. The second-order valence-electron chi connectivity index (χ2n) is 1.73. The number of halogens is 2. The molecular weight excluding hydrogens is 189 g/mol. The van der Waals surface area contributed by atoms with Gasteiger partial charge in [-0.2, -0.15) is 0 Å². The van der Waals surface area contributed by atoms with Gasteiger partial charge >= 0.3 is 0 Å². The fourth-order valence-electron chi connectivity index (χ4n) is 0.635. The Bertz CT molecular complexity index is 188. The zero-order chi connectivity index (χ0) is 6.69. The average Bonchev–Trinajstić information content (AvgIpc) is 2.18. The van der Waals surface area contributed by atoms with E-state index in [1.807, 2.05) is 11.4 Å². The van der Waals surface area contributed by atoms with Crippen molar-refractivity contribution in [2.24, 2.45) is 5.73 Å². The molecule has 1 aromatic rings. The van der Waals surface area contributed by atoms with Crippen LogP contribution in [0.2, 0.25) is 5.02 Å². The SMILES string of the molecule is Cl.NCCc1sccc1Cl. The van der Waals surface area contributed by atoms with Crippen LogP contribution in [0.3, 0.4) is 0 Å². The van der Waals surface area contributed by atoms with Gasteiger partial charge in [-0.05, 0) is 24.4 Å². The van der Waals surface area contributed by atoms with Crippen LogP contribution in [0, 0.1) is 0 Å². The van der Waals surface area contributed by atoms with E-state index >= 15 is 0 Å². The Kier molecular flexibility index (Phi) is 5.09. The number of rotatable bonds is 2. The lowest BCUT2D eigenvalue weighted by atomic mass is 10.3. The van der Waals surface area contributed by atoms with Gasteiger partial charge in [-0.1, -0.05) is 11.6 Å². The van der Waals surface area contributed by atoms with E-state index in [1.165, 1.54) is 4.88 Å². The smallest absolute Gasteiger partial charge is 0.0545 e. The fraction of sp³-hybridized carbons (Fsp3) is 0.333. The van der Waals surface area contributed by atoms with E-state index in [1.54, 1.807) is 11.3 Å². The lowest BCUT2D eigenvalue weighted by Crippen LogP contribution is -2.00. The fourth-order valence-corrected chi connectivity index (χ4v) is 1.79. The van der Waals surface area contributed by atoms with Crippen molar-refractivity contribution in [3.05, 3.63) is 21.3 Å². The molecule has 0 aliphatic carbocycles. The van der Waals surface area contributed by atoms with Crippen molar-refractivity contribution < 1.29 is 0 Å². The molecule has 1 aromatic heterocycles. The number of thiophene rings is 1. The van der Waals surface area contributed by atoms with Crippen LogP contribution in [0.1, 0.15) is 4.88 Å². The molecule has 2 N–H and O–H groups in total. The van der Waals surface area contributed by atoms with E-state index < -0.39 is 0 Å². The number of nitrogens with two attached hydrogens (primary N) is 1. The average molecular weight is 198 g/mol. The predicted octanol–water partition coefficient (Wildman–Crippen LogP) is 2.32. The van der Waals surface area contributed by atoms with Gasteiger partial charge in [-0.25, -0.2) is 0 Å². The maximum Gasteiger partial charge on any atom is 0.0545 e. The first-order valence-corrected chi connectivity index (χ1v) is 4.02. The third-order valence-electron chi connectivity index (χ3n) is 1.06. The van der Waals surface area contributed by atoms with Crippen LogP contribution in [0.15, 0.2) is 11.4 Å². The van der Waals surface area contributed by atoms with Crippen LogP contribution >= 0.6 is 35.3 Å². The van der Waals surface area contributed by atoms with Crippen LogP contribution in [0.25, 0.3) is 0 Å². The largest absolute Gasteiger partial charge is 0.330 e. The minimum absolute atomic E-state index is 0. The molecule has 0 aliphatic rings. The highest BCUT2D eigenvalue weighted by Crippen LogP contribution is 2.21. The van der Waals surface area contributed by atoms with Gasteiger partial charge < -0.3 is 5.73 Å². The van der Waals surface area contributed by atoms with Gasteiger partial charge in [0.05, 0.1) is 5.02 Å². The van der Waals surface area contributed by atoms with E-state index in [0.29, 0.717) is 6.54 Å². The topological polar surface area (TPSA) is 26.0 Å². The van der Waals surface area contributed by atoms with Gasteiger partial charge in [0.25, 0.3) is 0 Å². The van der Waals surface area contributed by atoms with Crippen molar-refractivity contribution in [2.45, 2.75) is 6.42 Å². The van der Waals surface area contributed by atoms with Gasteiger partial charge in [-0.15, -0.1) is 23.7 Å². The van der Waals surface area contributed by atoms with Crippen molar-refractivity contribution in [3.8, 4) is 0 Å². The molecule has 0 saturated heterocycles. The maximum atomic E-state index is 5.77. The molecular formula is C6H9Cl2NS. The van der Waals surface area contributed by atoms with Crippen LogP contribution < -0.4 is 5.73 Å². The molecule has 4 heteroatoms. The Balaban J connectivity index is 0.000000810. The van der Waals surface area contributed by atoms with Crippen LogP contribution in [0.4, 0.5) is 0 Å². The van der Waals surface area contributed by atoms with Gasteiger partial charge in [-0.3, -0.25) is 0 Å². The molecule has 0 atom stereocenters. The summed E-state index contributed by atoms with van der Waals surface area (Å²) in [7, 11) is 0. The minimum atomic E-state index is 0. The van der Waals surface area contributed by atoms with Gasteiger partial charge in [0, 0.05) is 4.88 Å². The van der Waals surface area contributed by atoms with Gasteiger partial charge in [0.2, 0.25) is 0 Å². The Morgan fingerprint density at radius 2 is 2.30 bits per heavy atom. The summed E-state index contributed by atoms with van der Waals surface area (Å²) in [6.07, 6.45) is 0.899. The monoisotopic (exact) mass is 197 g/mol. The molecule has 0 amide bonds. The third kappa shape index (κ3) is 2.46. The molecule has 0 aromatic carbocycles. The van der Waals surface area contributed by atoms with Crippen molar-refractivity contribution in [3.63, 3.8) is 0 Å². The first-order valence-electron chi connectivity index (χ1n) is 2.76.